The predicted molar refractivity (Wildman–Crippen MR) is 58.1 cm³/mol. The van der Waals surface area contributed by atoms with E-state index in [1.54, 1.807) is 6.92 Å². The molecule has 1 fully saturated rings. The average molecular weight is 240 g/mol. The third-order valence-corrected chi connectivity index (χ3v) is 3.04. The van der Waals surface area contributed by atoms with Gasteiger partial charge in [0.1, 0.15) is 4.88 Å². The van der Waals surface area contributed by atoms with E-state index in [1.807, 2.05) is 0 Å². The van der Waals surface area contributed by atoms with Crippen LogP contribution in [0.3, 0.4) is 0 Å². The number of carbonyl (C=O) groups is 2. The summed E-state index contributed by atoms with van der Waals surface area (Å²) in [5, 5.41) is 9.06. The summed E-state index contributed by atoms with van der Waals surface area (Å²) in [6.45, 7) is 1.72. The zero-order valence-electron chi connectivity index (χ0n) is 8.82. The zero-order chi connectivity index (χ0) is 11.5. The van der Waals surface area contributed by atoms with Gasteiger partial charge in [0.2, 0.25) is 5.91 Å². The number of hydrogen-bond donors (Lipinski definition) is 2. The van der Waals surface area contributed by atoms with Crippen molar-refractivity contribution in [2.75, 3.05) is 6.54 Å². The summed E-state index contributed by atoms with van der Waals surface area (Å²) in [5.41, 5.74) is 0.588. The molecule has 86 valence electrons. The Morgan fingerprint density at radius 2 is 2.25 bits per heavy atom. The third kappa shape index (κ3) is 2.75. The maximum atomic E-state index is 11.6. The molecule has 1 aliphatic carbocycles. The molecule has 16 heavy (non-hydrogen) atoms. The molecule has 0 spiro atoms. The molecule has 0 bridgehead atoms. The van der Waals surface area contributed by atoms with Gasteiger partial charge in [0.15, 0.2) is 0 Å². The van der Waals surface area contributed by atoms with Crippen molar-refractivity contribution in [1.29, 1.82) is 0 Å². The van der Waals surface area contributed by atoms with Gasteiger partial charge in [-0.15, -0.1) is 5.10 Å². The first kappa shape index (κ1) is 11.0. The van der Waals surface area contributed by atoms with E-state index < -0.39 is 0 Å². The quantitative estimate of drug-likeness (QED) is 0.767. The Balaban J connectivity index is 1.79. The Hall–Kier alpha value is -1.50. The molecule has 0 aromatic carbocycles. The molecule has 6 nitrogen and oxygen atoms in total. The molecule has 0 aliphatic heterocycles. The Morgan fingerprint density at radius 3 is 2.81 bits per heavy atom. The molecular formula is C9H12N4O2S. The fraction of sp³-hybridized carbons (Fsp3) is 0.556. The third-order valence-electron chi connectivity index (χ3n) is 2.21. The number of rotatable bonds is 4. The highest BCUT2D eigenvalue weighted by Gasteiger charge is 2.23. The standard InChI is InChI=1S/C9H12N4O2S/c1-5-8(16-13-12-5)9(15)10-4-7(14)11-6-2-3-6/h6H,2-4H2,1H3,(H,10,15)(H,11,14). The maximum Gasteiger partial charge on any atom is 0.265 e. The molecule has 0 atom stereocenters. The van der Waals surface area contributed by atoms with Crippen molar-refractivity contribution in [3.8, 4) is 0 Å². The highest BCUT2D eigenvalue weighted by atomic mass is 32.1. The normalized spacial score (nSPS) is 14.6. The number of aryl methyl sites for hydroxylation is 1. The van der Waals surface area contributed by atoms with Gasteiger partial charge < -0.3 is 10.6 Å². The van der Waals surface area contributed by atoms with Crippen LogP contribution < -0.4 is 10.6 Å². The molecule has 0 radical (unpaired) electrons. The van der Waals surface area contributed by atoms with Crippen molar-refractivity contribution in [1.82, 2.24) is 20.2 Å². The molecule has 1 heterocycles. The summed E-state index contributed by atoms with van der Waals surface area (Å²) in [6, 6.07) is 0.316. The molecule has 1 aromatic rings. The summed E-state index contributed by atoms with van der Waals surface area (Å²) in [5.74, 6) is -0.440. The van der Waals surface area contributed by atoms with Crippen LogP contribution >= 0.6 is 11.5 Å². The van der Waals surface area contributed by atoms with Gasteiger partial charge in [-0.05, 0) is 31.3 Å². The van der Waals surface area contributed by atoms with Gasteiger partial charge in [0.25, 0.3) is 5.91 Å². The SMILES string of the molecule is Cc1nnsc1C(=O)NCC(=O)NC1CC1. The molecular weight excluding hydrogens is 228 g/mol. The first-order chi connectivity index (χ1) is 7.66. The van der Waals surface area contributed by atoms with Crippen molar-refractivity contribution in [2.24, 2.45) is 0 Å². The van der Waals surface area contributed by atoms with Crippen molar-refractivity contribution >= 4 is 23.3 Å². The molecule has 0 saturated heterocycles. The maximum absolute atomic E-state index is 11.6. The van der Waals surface area contributed by atoms with Crippen molar-refractivity contribution in [3.63, 3.8) is 0 Å². The van der Waals surface area contributed by atoms with E-state index >= 15 is 0 Å². The van der Waals surface area contributed by atoms with Crippen LogP contribution in [0.2, 0.25) is 0 Å². The number of nitrogens with zero attached hydrogens (tertiary/aromatic N) is 2. The highest BCUT2D eigenvalue weighted by molar-refractivity contribution is 7.08. The monoisotopic (exact) mass is 240 g/mol. The predicted octanol–water partition coefficient (Wildman–Crippen LogP) is -0.145. The summed E-state index contributed by atoms with van der Waals surface area (Å²) in [7, 11) is 0. The molecule has 1 aromatic heterocycles. The van der Waals surface area contributed by atoms with E-state index in [0.29, 0.717) is 16.6 Å². The number of nitrogens with one attached hydrogen (secondary N) is 2. The minimum atomic E-state index is -0.293. The van der Waals surface area contributed by atoms with E-state index in [-0.39, 0.29) is 18.4 Å². The van der Waals surface area contributed by atoms with Crippen molar-refractivity contribution in [3.05, 3.63) is 10.6 Å². The van der Waals surface area contributed by atoms with Gasteiger partial charge in [0, 0.05) is 6.04 Å². The lowest BCUT2D eigenvalue weighted by Gasteiger charge is -2.04. The lowest BCUT2D eigenvalue weighted by atomic mass is 10.4. The molecule has 2 amide bonds. The molecule has 1 aliphatic rings. The van der Waals surface area contributed by atoms with Crippen LogP contribution in [0.25, 0.3) is 0 Å². The van der Waals surface area contributed by atoms with Crippen LogP contribution in [0.4, 0.5) is 0 Å². The fourth-order valence-electron chi connectivity index (χ4n) is 1.19. The van der Waals surface area contributed by atoms with Gasteiger partial charge in [-0.3, -0.25) is 9.59 Å². The van der Waals surface area contributed by atoms with Crippen molar-refractivity contribution < 1.29 is 9.59 Å². The first-order valence-electron chi connectivity index (χ1n) is 5.03. The Labute approximate surface area is 96.6 Å². The topological polar surface area (TPSA) is 84.0 Å². The lowest BCUT2D eigenvalue weighted by Crippen LogP contribution is -2.37. The largest absolute Gasteiger partial charge is 0.352 e. The zero-order valence-corrected chi connectivity index (χ0v) is 9.63. The summed E-state index contributed by atoms with van der Waals surface area (Å²) >= 11 is 1.03. The summed E-state index contributed by atoms with van der Waals surface area (Å²) < 4.78 is 3.66. The van der Waals surface area contributed by atoms with Crippen LogP contribution in [0, 0.1) is 6.92 Å². The smallest absolute Gasteiger partial charge is 0.265 e. The second kappa shape index (κ2) is 4.56. The van der Waals surface area contributed by atoms with Crippen LogP contribution in [0.1, 0.15) is 28.2 Å². The van der Waals surface area contributed by atoms with Crippen LogP contribution in [-0.2, 0) is 4.79 Å². The Bertz CT molecular complexity index is 413. The lowest BCUT2D eigenvalue weighted by molar-refractivity contribution is -0.120. The number of carbonyl (C=O) groups excluding carboxylic acids is 2. The molecule has 0 unspecified atom stereocenters. The second-order valence-corrected chi connectivity index (χ2v) is 4.47. The van der Waals surface area contributed by atoms with Gasteiger partial charge in [-0.25, -0.2) is 0 Å². The molecule has 1 saturated carbocycles. The summed E-state index contributed by atoms with van der Waals surface area (Å²) in [6.07, 6.45) is 2.08. The molecule has 2 N–H and O–H groups in total. The van der Waals surface area contributed by atoms with E-state index in [2.05, 4.69) is 20.2 Å². The first-order valence-corrected chi connectivity index (χ1v) is 5.80. The van der Waals surface area contributed by atoms with E-state index in [1.165, 1.54) is 0 Å². The minimum Gasteiger partial charge on any atom is -0.352 e. The Morgan fingerprint density at radius 1 is 1.50 bits per heavy atom. The van der Waals surface area contributed by atoms with Gasteiger partial charge in [0.05, 0.1) is 12.2 Å². The number of amides is 2. The van der Waals surface area contributed by atoms with Crippen LogP contribution in [0.15, 0.2) is 0 Å². The van der Waals surface area contributed by atoms with E-state index in [0.717, 1.165) is 24.4 Å². The number of aromatic nitrogens is 2. The minimum absolute atomic E-state index is 0.00662. The molecule has 2 rings (SSSR count). The Kier molecular flexibility index (Phi) is 3.14. The second-order valence-electron chi connectivity index (χ2n) is 3.71. The van der Waals surface area contributed by atoms with Gasteiger partial charge in [-0.1, -0.05) is 4.49 Å². The van der Waals surface area contributed by atoms with Gasteiger partial charge in [-0.2, -0.15) is 0 Å². The van der Waals surface area contributed by atoms with E-state index in [9.17, 15) is 9.59 Å². The molecule has 7 heteroatoms. The highest BCUT2D eigenvalue weighted by Crippen LogP contribution is 2.18. The summed E-state index contributed by atoms with van der Waals surface area (Å²) in [4.78, 5) is 23.3. The van der Waals surface area contributed by atoms with Crippen LogP contribution in [-0.4, -0.2) is 34.0 Å². The average Bonchev–Trinajstić information content (AvgIpc) is 2.95. The van der Waals surface area contributed by atoms with Gasteiger partial charge >= 0.3 is 0 Å². The van der Waals surface area contributed by atoms with Crippen LogP contribution in [0.5, 0.6) is 0 Å². The van der Waals surface area contributed by atoms with Crippen molar-refractivity contribution in [2.45, 2.75) is 25.8 Å². The fourth-order valence-corrected chi connectivity index (χ4v) is 1.76. The van der Waals surface area contributed by atoms with E-state index in [4.69, 9.17) is 0 Å². The number of hydrogen-bond acceptors (Lipinski definition) is 5.